The molecule has 2 rings (SSSR count). The van der Waals surface area contributed by atoms with Gasteiger partial charge in [0.15, 0.2) is 11.2 Å². The van der Waals surface area contributed by atoms with Crippen LogP contribution >= 0.6 is 12.2 Å². The van der Waals surface area contributed by atoms with Gasteiger partial charge in [-0.25, -0.2) is 0 Å². The van der Waals surface area contributed by atoms with E-state index in [-0.39, 0.29) is 16.9 Å². The second-order valence-corrected chi connectivity index (χ2v) is 6.77. The molecule has 0 radical (unpaired) electrons. The Morgan fingerprint density at radius 1 is 1.04 bits per heavy atom. The van der Waals surface area contributed by atoms with E-state index in [1.807, 2.05) is 56.3 Å². The predicted octanol–water partition coefficient (Wildman–Crippen LogP) is 2.68. The molecule has 7 heteroatoms. The minimum Gasteiger partial charge on any atom is -0.481 e. The molecule has 1 unspecified atom stereocenters. The van der Waals surface area contributed by atoms with Gasteiger partial charge in [-0.2, -0.15) is 0 Å². The van der Waals surface area contributed by atoms with Crippen LogP contribution in [0.3, 0.4) is 0 Å². The monoisotopic (exact) mass is 373 g/mol. The number of hydrazine groups is 1. The molecule has 6 nitrogen and oxygen atoms in total. The average Bonchev–Trinajstić information content (AvgIpc) is 2.58. The Balaban J connectivity index is 1.83. The topological polar surface area (TPSA) is 79.5 Å². The van der Waals surface area contributed by atoms with Crippen LogP contribution < -0.4 is 20.9 Å². The fourth-order valence-electron chi connectivity index (χ4n) is 2.30. The first-order valence-corrected chi connectivity index (χ1v) is 8.81. The fourth-order valence-corrected chi connectivity index (χ4v) is 2.46. The van der Waals surface area contributed by atoms with Crippen molar-refractivity contribution in [2.45, 2.75) is 33.3 Å². The first kappa shape index (κ1) is 19.7. The first-order valence-electron chi connectivity index (χ1n) is 8.40. The molecule has 0 saturated heterocycles. The average molecular weight is 373 g/mol. The summed E-state index contributed by atoms with van der Waals surface area (Å²) in [5.41, 5.74) is 4.93. The van der Waals surface area contributed by atoms with Gasteiger partial charge in [-0.1, -0.05) is 44.2 Å². The molecule has 2 aromatic rings. The molecule has 0 aliphatic rings. The first-order chi connectivity index (χ1) is 12.3. The van der Waals surface area contributed by atoms with Gasteiger partial charge < -0.3 is 10.1 Å². The van der Waals surface area contributed by atoms with Gasteiger partial charge in [0.2, 0.25) is 5.91 Å². The third-order valence-electron chi connectivity index (χ3n) is 3.55. The summed E-state index contributed by atoms with van der Waals surface area (Å²) in [6.07, 6.45) is -0.380. The largest absolute Gasteiger partial charge is 0.481 e. The summed E-state index contributed by atoms with van der Waals surface area (Å²) in [6, 6.07) is 13.5. The van der Waals surface area contributed by atoms with E-state index in [2.05, 4.69) is 16.2 Å². The van der Waals surface area contributed by atoms with Gasteiger partial charge in [-0.05, 0) is 48.0 Å². The standard InChI is InChI=1S/C19H23N3O3S/c1-12(2)10-17(23)20-19(26)22-21-18(24)13(3)25-16-9-8-14-6-4-5-7-15(14)11-16/h4-9,11-13H,10H2,1-3H3,(H,21,24)(H2,20,22,23,26). The van der Waals surface area contributed by atoms with Crippen LogP contribution in [-0.4, -0.2) is 23.0 Å². The van der Waals surface area contributed by atoms with Crippen molar-refractivity contribution >= 4 is 39.9 Å². The second-order valence-electron chi connectivity index (χ2n) is 6.36. The highest BCUT2D eigenvalue weighted by Crippen LogP contribution is 2.21. The molecule has 2 amide bonds. The van der Waals surface area contributed by atoms with E-state index >= 15 is 0 Å². The lowest BCUT2D eigenvalue weighted by molar-refractivity contribution is -0.128. The molecule has 3 N–H and O–H groups in total. The number of amides is 2. The summed E-state index contributed by atoms with van der Waals surface area (Å²) >= 11 is 4.97. The summed E-state index contributed by atoms with van der Waals surface area (Å²) in [6.45, 7) is 5.50. The maximum atomic E-state index is 12.1. The third kappa shape index (κ3) is 6.00. The van der Waals surface area contributed by atoms with E-state index in [0.717, 1.165) is 10.8 Å². The lowest BCUT2D eigenvalue weighted by Crippen LogP contribution is -2.51. The number of hydrogen-bond acceptors (Lipinski definition) is 4. The molecule has 0 heterocycles. The summed E-state index contributed by atoms with van der Waals surface area (Å²) in [7, 11) is 0. The zero-order valence-corrected chi connectivity index (χ0v) is 15.9. The molecule has 0 aliphatic carbocycles. The highest BCUT2D eigenvalue weighted by molar-refractivity contribution is 7.80. The van der Waals surface area contributed by atoms with Crippen molar-refractivity contribution in [1.82, 2.24) is 16.2 Å². The number of carbonyl (C=O) groups is 2. The molecular weight excluding hydrogens is 350 g/mol. The molecule has 0 aliphatic heterocycles. The SMILES string of the molecule is CC(C)CC(=O)NC(=S)NNC(=O)C(C)Oc1ccc2ccccc2c1. The number of ether oxygens (including phenoxy) is 1. The van der Waals surface area contributed by atoms with Crippen molar-refractivity contribution in [3.8, 4) is 5.75 Å². The maximum Gasteiger partial charge on any atom is 0.279 e. The Hall–Kier alpha value is -2.67. The fraction of sp³-hybridized carbons (Fsp3) is 0.316. The molecule has 0 spiro atoms. The van der Waals surface area contributed by atoms with Gasteiger partial charge >= 0.3 is 0 Å². The van der Waals surface area contributed by atoms with Gasteiger partial charge in [-0.15, -0.1) is 0 Å². The third-order valence-corrected chi connectivity index (χ3v) is 3.75. The van der Waals surface area contributed by atoms with E-state index in [9.17, 15) is 9.59 Å². The van der Waals surface area contributed by atoms with Crippen LogP contribution in [0.2, 0.25) is 0 Å². The molecule has 0 saturated carbocycles. The van der Waals surface area contributed by atoms with Crippen LogP contribution in [0.1, 0.15) is 27.2 Å². The normalized spacial score (nSPS) is 11.7. The summed E-state index contributed by atoms with van der Waals surface area (Å²) in [5.74, 6) is 0.216. The van der Waals surface area contributed by atoms with E-state index in [0.29, 0.717) is 12.2 Å². The van der Waals surface area contributed by atoms with E-state index < -0.39 is 12.0 Å². The minimum atomic E-state index is -0.738. The van der Waals surface area contributed by atoms with Crippen molar-refractivity contribution in [3.63, 3.8) is 0 Å². The van der Waals surface area contributed by atoms with Crippen LogP contribution in [0.5, 0.6) is 5.75 Å². The van der Waals surface area contributed by atoms with E-state index in [1.54, 1.807) is 6.92 Å². The Kier molecular flexibility index (Phi) is 6.91. The highest BCUT2D eigenvalue weighted by Gasteiger charge is 2.15. The lowest BCUT2D eigenvalue weighted by atomic mass is 10.1. The lowest BCUT2D eigenvalue weighted by Gasteiger charge is -2.16. The zero-order valence-electron chi connectivity index (χ0n) is 15.0. The van der Waals surface area contributed by atoms with Crippen LogP contribution in [0.4, 0.5) is 0 Å². The molecule has 0 fully saturated rings. The van der Waals surface area contributed by atoms with Gasteiger partial charge in [0.25, 0.3) is 5.91 Å². The number of rotatable bonds is 5. The second kappa shape index (κ2) is 9.15. The molecule has 26 heavy (non-hydrogen) atoms. The quantitative estimate of drug-likeness (QED) is 0.555. The van der Waals surface area contributed by atoms with Crippen LogP contribution in [0, 0.1) is 5.92 Å². The molecular formula is C19H23N3O3S. The Morgan fingerprint density at radius 2 is 1.73 bits per heavy atom. The molecule has 1 atom stereocenters. The number of thiocarbonyl (C=S) groups is 1. The summed E-state index contributed by atoms with van der Waals surface area (Å²) in [5, 5.41) is 4.68. The number of carbonyl (C=O) groups excluding carboxylic acids is 2. The molecule has 138 valence electrons. The highest BCUT2D eigenvalue weighted by atomic mass is 32.1. The van der Waals surface area contributed by atoms with Crippen LogP contribution in [0.15, 0.2) is 42.5 Å². The maximum absolute atomic E-state index is 12.1. The van der Waals surface area contributed by atoms with Crippen molar-refractivity contribution in [2.24, 2.45) is 5.92 Å². The van der Waals surface area contributed by atoms with Gasteiger partial charge in [0.05, 0.1) is 0 Å². The Bertz CT molecular complexity index is 807. The van der Waals surface area contributed by atoms with Crippen molar-refractivity contribution in [2.75, 3.05) is 0 Å². The van der Waals surface area contributed by atoms with Crippen molar-refractivity contribution < 1.29 is 14.3 Å². The van der Waals surface area contributed by atoms with Gasteiger partial charge in [0, 0.05) is 6.42 Å². The number of fused-ring (bicyclic) bond motifs is 1. The zero-order chi connectivity index (χ0) is 19.1. The molecule has 0 bridgehead atoms. The number of nitrogens with one attached hydrogen (secondary N) is 3. The van der Waals surface area contributed by atoms with E-state index in [1.165, 1.54) is 0 Å². The van der Waals surface area contributed by atoms with Crippen LogP contribution in [0.25, 0.3) is 10.8 Å². The Morgan fingerprint density at radius 3 is 2.42 bits per heavy atom. The van der Waals surface area contributed by atoms with E-state index in [4.69, 9.17) is 17.0 Å². The van der Waals surface area contributed by atoms with Gasteiger partial charge in [-0.3, -0.25) is 20.4 Å². The molecule has 2 aromatic carbocycles. The van der Waals surface area contributed by atoms with Crippen molar-refractivity contribution in [3.05, 3.63) is 42.5 Å². The van der Waals surface area contributed by atoms with Crippen molar-refractivity contribution in [1.29, 1.82) is 0 Å². The number of benzene rings is 2. The predicted molar refractivity (Wildman–Crippen MR) is 106 cm³/mol. The Labute approximate surface area is 158 Å². The van der Waals surface area contributed by atoms with Gasteiger partial charge in [0.1, 0.15) is 5.75 Å². The number of hydrogen-bond donors (Lipinski definition) is 3. The minimum absolute atomic E-state index is 0.0434. The molecule has 0 aromatic heterocycles. The smallest absolute Gasteiger partial charge is 0.279 e. The summed E-state index contributed by atoms with van der Waals surface area (Å²) < 4.78 is 5.67. The van der Waals surface area contributed by atoms with Crippen LogP contribution in [-0.2, 0) is 9.59 Å². The summed E-state index contributed by atoms with van der Waals surface area (Å²) in [4.78, 5) is 23.7.